The molecule has 0 aliphatic carbocycles. The maximum absolute atomic E-state index is 12.8. The summed E-state index contributed by atoms with van der Waals surface area (Å²) in [7, 11) is 1.96. The molecule has 2 rings (SSSR count). The van der Waals surface area contributed by atoms with Gasteiger partial charge < -0.3 is 10.6 Å². The molecule has 1 heterocycles. The lowest BCUT2D eigenvalue weighted by Crippen LogP contribution is -2.18. The monoisotopic (exact) mass is 259 g/mol. The number of hydrogen-bond acceptors (Lipinski definition) is 3. The fourth-order valence-corrected chi connectivity index (χ4v) is 1.84. The Labute approximate surface area is 112 Å². The van der Waals surface area contributed by atoms with Gasteiger partial charge in [-0.25, -0.2) is 9.37 Å². The highest BCUT2D eigenvalue weighted by atomic mass is 19.1. The van der Waals surface area contributed by atoms with Crippen LogP contribution in [0.2, 0.25) is 0 Å². The van der Waals surface area contributed by atoms with Gasteiger partial charge in [0.25, 0.3) is 0 Å². The molecule has 0 saturated carbocycles. The predicted molar refractivity (Wildman–Crippen MR) is 75.3 cm³/mol. The Morgan fingerprint density at radius 1 is 1.21 bits per heavy atom. The van der Waals surface area contributed by atoms with Crippen LogP contribution in [0.25, 0.3) is 0 Å². The summed E-state index contributed by atoms with van der Waals surface area (Å²) in [6.45, 7) is 2.61. The van der Waals surface area contributed by atoms with Gasteiger partial charge in [-0.2, -0.15) is 0 Å². The first-order chi connectivity index (χ1) is 9.06. The standard InChI is InChI=1S/C15H18FN3/c1-11(17)13-5-8-15(18-9-13)19(2)10-12-3-6-14(16)7-4-12/h3-9,11H,10,17H2,1-2H3/t11-/m1/s1. The van der Waals surface area contributed by atoms with Crippen LogP contribution in [0.1, 0.15) is 24.1 Å². The Balaban J connectivity index is 2.07. The fourth-order valence-electron chi connectivity index (χ4n) is 1.84. The van der Waals surface area contributed by atoms with Gasteiger partial charge in [-0.3, -0.25) is 0 Å². The van der Waals surface area contributed by atoms with Crippen LogP contribution in [0.5, 0.6) is 0 Å². The molecule has 3 nitrogen and oxygen atoms in total. The van der Waals surface area contributed by atoms with Crippen molar-refractivity contribution in [3.05, 3.63) is 59.5 Å². The molecule has 0 bridgehead atoms. The third-order valence-corrected chi connectivity index (χ3v) is 3.02. The summed E-state index contributed by atoms with van der Waals surface area (Å²) in [5.74, 6) is 0.652. The van der Waals surface area contributed by atoms with Crippen LogP contribution in [0.15, 0.2) is 42.6 Å². The van der Waals surface area contributed by atoms with Gasteiger partial charge in [0.2, 0.25) is 0 Å². The van der Waals surface area contributed by atoms with E-state index in [4.69, 9.17) is 5.73 Å². The molecular weight excluding hydrogens is 241 g/mol. The Bertz CT molecular complexity index is 520. The number of nitrogens with zero attached hydrogens (tertiary/aromatic N) is 2. The van der Waals surface area contributed by atoms with Crippen molar-refractivity contribution in [2.45, 2.75) is 19.5 Å². The number of rotatable bonds is 4. The molecular formula is C15H18FN3. The molecule has 0 saturated heterocycles. The van der Waals surface area contributed by atoms with Crippen LogP contribution < -0.4 is 10.6 Å². The predicted octanol–water partition coefficient (Wildman–Crippen LogP) is 2.88. The van der Waals surface area contributed by atoms with E-state index in [2.05, 4.69) is 4.98 Å². The molecule has 0 unspecified atom stereocenters. The van der Waals surface area contributed by atoms with E-state index in [-0.39, 0.29) is 11.9 Å². The summed E-state index contributed by atoms with van der Waals surface area (Å²) >= 11 is 0. The topological polar surface area (TPSA) is 42.1 Å². The van der Waals surface area contributed by atoms with Crippen molar-refractivity contribution in [2.75, 3.05) is 11.9 Å². The average Bonchev–Trinajstić information content (AvgIpc) is 2.41. The highest BCUT2D eigenvalue weighted by Crippen LogP contribution is 2.15. The zero-order valence-corrected chi connectivity index (χ0v) is 11.2. The number of nitrogens with two attached hydrogens (primary N) is 1. The molecule has 4 heteroatoms. The van der Waals surface area contributed by atoms with Gasteiger partial charge in [-0.1, -0.05) is 18.2 Å². The number of halogens is 1. The normalized spacial score (nSPS) is 12.2. The molecule has 0 spiro atoms. The lowest BCUT2D eigenvalue weighted by atomic mass is 10.1. The number of aromatic nitrogens is 1. The van der Waals surface area contributed by atoms with Gasteiger partial charge in [0.15, 0.2) is 0 Å². The molecule has 0 amide bonds. The fraction of sp³-hybridized carbons (Fsp3) is 0.267. The van der Waals surface area contributed by atoms with E-state index in [1.54, 1.807) is 18.3 Å². The number of hydrogen-bond donors (Lipinski definition) is 1. The summed E-state index contributed by atoms with van der Waals surface area (Å²) in [6, 6.07) is 10.4. The minimum atomic E-state index is -0.217. The van der Waals surface area contributed by atoms with Crippen molar-refractivity contribution in [1.82, 2.24) is 4.98 Å². The number of anilines is 1. The highest BCUT2D eigenvalue weighted by Gasteiger charge is 2.05. The van der Waals surface area contributed by atoms with Gasteiger partial charge >= 0.3 is 0 Å². The van der Waals surface area contributed by atoms with Crippen molar-refractivity contribution < 1.29 is 4.39 Å². The Morgan fingerprint density at radius 2 is 1.89 bits per heavy atom. The largest absolute Gasteiger partial charge is 0.355 e. The summed E-state index contributed by atoms with van der Waals surface area (Å²) in [5.41, 5.74) is 7.84. The Morgan fingerprint density at radius 3 is 2.42 bits per heavy atom. The maximum atomic E-state index is 12.8. The molecule has 0 radical (unpaired) electrons. The van der Waals surface area contributed by atoms with Gasteiger partial charge in [0.1, 0.15) is 11.6 Å². The highest BCUT2D eigenvalue weighted by molar-refractivity contribution is 5.39. The lowest BCUT2D eigenvalue weighted by Gasteiger charge is -2.18. The summed E-state index contributed by atoms with van der Waals surface area (Å²) in [5, 5.41) is 0. The van der Waals surface area contributed by atoms with Crippen LogP contribution in [-0.4, -0.2) is 12.0 Å². The Hall–Kier alpha value is -1.94. The quantitative estimate of drug-likeness (QED) is 0.918. The minimum Gasteiger partial charge on any atom is -0.355 e. The van der Waals surface area contributed by atoms with Gasteiger partial charge in [-0.15, -0.1) is 0 Å². The second-order valence-corrected chi connectivity index (χ2v) is 4.72. The van der Waals surface area contributed by atoms with E-state index < -0.39 is 0 Å². The van der Waals surface area contributed by atoms with Gasteiger partial charge in [0.05, 0.1) is 0 Å². The summed E-state index contributed by atoms with van der Waals surface area (Å²) < 4.78 is 12.8. The SMILES string of the molecule is C[C@@H](N)c1ccc(N(C)Cc2ccc(F)cc2)nc1. The molecule has 1 aromatic heterocycles. The van der Waals surface area contributed by atoms with Crippen LogP contribution in [0.4, 0.5) is 10.2 Å². The summed E-state index contributed by atoms with van der Waals surface area (Å²) in [6.07, 6.45) is 1.79. The maximum Gasteiger partial charge on any atom is 0.128 e. The molecule has 0 aliphatic rings. The van der Waals surface area contributed by atoms with E-state index in [1.807, 2.05) is 31.0 Å². The van der Waals surface area contributed by atoms with Crippen molar-refractivity contribution in [1.29, 1.82) is 0 Å². The first-order valence-electron chi connectivity index (χ1n) is 6.23. The molecule has 1 atom stereocenters. The molecule has 0 fully saturated rings. The van der Waals surface area contributed by atoms with E-state index in [0.29, 0.717) is 6.54 Å². The second kappa shape index (κ2) is 5.80. The van der Waals surface area contributed by atoms with Crippen LogP contribution in [0.3, 0.4) is 0 Å². The first-order valence-corrected chi connectivity index (χ1v) is 6.23. The van der Waals surface area contributed by atoms with Crippen LogP contribution >= 0.6 is 0 Å². The van der Waals surface area contributed by atoms with Crippen molar-refractivity contribution in [3.8, 4) is 0 Å². The first kappa shape index (κ1) is 13.5. The molecule has 2 aromatic rings. The van der Waals surface area contributed by atoms with Crippen LogP contribution in [0, 0.1) is 5.82 Å². The van der Waals surface area contributed by atoms with E-state index >= 15 is 0 Å². The molecule has 2 N–H and O–H groups in total. The lowest BCUT2D eigenvalue weighted by molar-refractivity contribution is 0.627. The van der Waals surface area contributed by atoms with Gasteiger partial charge in [-0.05, 0) is 36.2 Å². The smallest absolute Gasteiger partial charge is 0.128 e. The second-order valence-electron chi connectivity index (χ2n) is 4.72. The minimum absolute atomic E-state index is 0.0102. The zero-order chi connectivity index (χ0) is 13.8. The van der Waals surface area contributed by atoms with Crippen molar-refractivity contribution in [2.24, 2.45) is 5.73 Å². The molecule has 1 aromatic carbocycles. The zero-order valence-electron chi connectivity index (χ0n) is 11.2. The third kappa shape index (κ3) is 3.51. The molecule has 0 aliphatic heterocycles. The van der Waals surface area contributed by atoms with E-state index in [1.165, 1.54) is 12.1 Å². The van der Waals surface area contributed by atoms with E-state index in [0.717, 1.165) is 16.9 Å². The van der Waals surface area contributed by atoms with Crippen LogP contribution in [-0.2, 0) is 6.54 Å². The third-order valence-electron chi connectivity index (χ3n) is 3.02. The molecule has 100 valence electrons. The number of benzene rings is 1. The number of pyridine rings is 1. The molecule has 19 heavy (non-hydrogen) atoms. The van der Waals surface area contributed by atoms with E-state index in [9.17, 15) is 4.39 Å². The van der Waals surface area contributed by atoms with Crippen molar-refractivity contribution in [3.63, 3.8) is 0 Å². The summed E-state index contributed by atoms with van der Waals surface area (Å²) in [4.78, 5) is 6.40. The van der Waals surface area contributed by atoms with Crippen molar-refractivity contribution >= 4 is 5.82 Å². The average molecular weight is 259 g/mol. The van der Waals surface area contributed by atoms with Gasteiger partial charge in [0, 0.05) is 25.8 Å². The Kier molecular flexibility index (Phi) is 4.12.